The fraction of sp³-hybridized carbons (Fsp3) is 0.0952. The number of hydrogen-bond acceptors (Lipinski definition) is 6. The summed E-state index contributed by atoms with van der Waals surface area (Å²) >= 11 is 0. The number of hydrogen-bond donors (Lipinski definition) is 2. The molecule has 234 valence electrons. The number of rotatable bonds is 6. The lowest BCUT2D eigenvalue weighted by molar-refractivity contribution is 1.19. The molecule has 6 heteroatoms. The van der Waals surface area contributed by atoms with Gasteiger partial charge < -0.3 is 11.5 Å². The van der Waals surface area contributed by atoms with Crippen molar-refractivity contribution in [2.45, 2.75) is 27.7 Å². The van der Waals surface area contributed by atoms with E-state index in [2.05, 4.69) is 93.3 Å². The van der Waals surface area contributed by atoms with E-state index in [4.69, 9.17) is 11.5 Å². The molecule has 48 heavy (non-hydrogen) atoms. The molecular weight excluding hydrogens is 589 g/mol. The molecule has 0 spiro atoms. The number of nitrogens with two attached hydrogens (primary N) is 2. The summed E-state index contributed by atoms with van der Waals surface area (Å²) in [6.45, 7) is 8.05. The molecule has 0 aromatic heterocycles. The first-order valence-corrected chi connectivity index (χ1v) is 16.0. The summed E-state index contributed by atoms with van der Waals surface area (Å²) in [4.78, 5) is 0. The lowest BCUT2D eigenvalue weighted by Crippen LogP contribution is -1.91. The van der Waals surface area contributed by atoms with Gasteiger partial charge in [-0.3, -0.25) is 0 Å². The zero-order chi connectivity index (χ0) is 33.4. The van der Waals surface area contributed by atoms with Crippen molar-refractivity contribution in [3.63, 3.8) is 0 Å². The van der Waals surface area contributed by atoms with Crippen LogP contribution < -0.4 is 11.5 Å². The highest BCUT2D eigenvalue weighted by Gasteiger charge is 2.16. The van der Waals surface area contributed by atoms with Gasteiger partial charge in [0.1, 0.15) is 0 Å². The maximum absolute atomic E-state index is 6.05. The SMILES string of the molecule is Cc1c(N)ccc(N=Nc2ccc(-c3c4ccccc4c(-c4ccc(N=Nc5ccc(N)c(C)c5C)cc4)c4ccccc34)cc2)c1C. The Labute approximate surface area is 280 Å². The second-order valence-corrected chi connectivity index (χ2v) is 12.2. The fourth-order valence-corrected chi connectivity index (χ4v) is 6.23. The van der Waals surface area contributed by atoms with Crippen LogP contribution in [0.25, 0.3) is 43.8 Å². The van der Waals surface area contributed by atoms with Gasteiger partial charge in [0.25, 0.3) is 0 Å². The molecule has 0 aliphatic heterocycles. The summed E-state index contributed by atoms with van der Waals surface area (Å²) in [5, 5.41) is 22.9. The minimum atomic E-state index is 0.764. The molecular formula is C42H36N6. The fourth-order valence-electron chi connectivity index (χ4n) is 6.23. The molecule has 6 nitrogen and oxygen atoms in total. The van der Waals surface area contributed by atoms with Crippen molar-refractivity contribution >= 4 is 55.7 Å². The van der Waals surface area contributed by atoms with E-state index < -0.39 is 0 Å². The van der Waals surface area contributed by atoms with Crippen molar-refractivity contribution in [1.82, 2.24) is 0 Å². The Kier molecular flexibility index (Phi) is 7.99. The van der Waals surface area contributed by atoms with E-state index in [0.717, 1.165) is 67.5 Å². The first-order valence-electron chi connectivity index (χ1n) is 16.0. The number of nitrogens with zero attached hydrogens (tertiary/aromatic N) is 4. The summed E-state index contributed by atoms with van der Waals surface area (Å²) in [6.07, 6.45) is 0. The molecule has 0 saturated carbocycles. The standard InChI is InChI=1S/C42H36N6/c1-25-27(3)39(23-21-37(25)43)47-45-31-17-13-29(14-18-31)41-33-9-5-7-11-35(33)42(36-12-8-6-10-34(36)41)30-15-19-32(20-16-30)46-48-40-24-22-38(44)26(2)28(40)4/h5-24H,43-44H2,1-4H3. The Morgan fingerprint density at radius 3 is 1.02 bits per heavy atom. The molecule has 0 aliphatic rings. The van der Waals surface area contributed by atoms with Gasteiger partial charge in [-0.1, -0.05) is 72.8 Å². The molecule has 7 aromatic rings. The number of azo groups is 2. The number of benzene rings is 7. The molecule has 4 N–H and O–H groups in total. The first kappa shape index (κ1) is 30.5. The zero-order valence-corrected chi connectivity index (χ0v) is 27.5. The summed E-state index contributed by atoms with van der Waals surface area (Å²) in [5.74, 6) is 0. The summed E-state index contributed by atoms with van der Waals surface area (Å²) in [6, 6.07) is 41.5. The van der Waals surface area contributed by atoms with Crippen molar-refractivity contribution in [1.29, 1.82) is 0 Å². The van der Waals surface area contributed by atoms with Crippen LogP contribution in [0.4, 0.5) is 34.1 Å². The Morgan fingerprint density at radius 1 is 0.354 bits per heavy atom. The highest BCUT2D eigenvalue weighted by molar-refractivity contribution is 6.21. The van der Waals surface area contributed by atoms with Crippen molar-refractivity contribution in [3.05, 3.63) is 144 Å². The first-order chi connectivity index (χ1) is 23.3. The molecule has 0 saturated heterocycles. The van der Waals surface area contributed by atoms with E-state index in [1.807, 2.05) is 76.2 Å². The molecule has 0 aliphatic carbocycles. The Morgan fingerprint density at radius 2 is 0.688 bits per heavy atom. The Balaban J connectivity index is 1.26. The van der Waals surface area contributed by atoms with Gasteiger partial charge in [-0.2, -0.15) is 20.5 Å². The third-order valence-corrected chi connectivity index (χ3v) is 9.39. The average Bonchev–Trinajstić information content (AvgIpc) is 3.12. The number of nitrogen functional groups attached to an aromatic ring is 2. The van der Waals surface area contributed by atoms with Crippen LogP contribution in [0, 0.1) is 27.7 Å². The van der Waals surface area contributed by atoms with Gasteiger partial charge in [0.15, 0.2) is 0 Å². The molecule has 0 unspecified atom stereocenters. The van der Waals surface area contributed by atoms with Gasteiger partial charge >= 0.3 is 0 Å². The van der Waals surface area contributed by atoms with Crippen LogP contribution in [0.15, 0.2) is 142 Å². The maximum atomic E-state index is 6.05. The Bertz CT molecular complexity index is 2160. The topological polar surface area (TPSA) is 101 Å². The van der Waals surface area contributed by atoms with E-state index in [0.29, 0.717) is 0 Å². The van der Waals surface area contributed by atoms with Crippen LogP contribution in [-0.2, 0) is 0 Å². The molecule has 0 amide bonds. The average molecular weight is 625 g/mol. The van der Waals surface area contributed by atoms with Crippen LogP contribution in [0.3, 0.4) is 0 Å². The second-order valence-electron chi connectivity index (χ2n) is 12.2. The molecule has 0 fully saturated rings. The van der Waals surface area contributed by atoms with Crippen LogP contribution in [0.5, 0.6) is 0 Å². The van der Waals surface area contributed by atoms with E-state index in [-0.39, 0.29) is 0 Å². The van der Waals surface area contributed by atoms with Crippen LogP contribution in [0.1, 0.15) is 22.3 Å². The number of anilines is 2. The lowest BCUT2D eigenvalue weighted by atomic mass is 9.86. The lowest BCUT2D eigenvalue weighted by Gasteiger charge is -2.17. The van der Waals surface area contributed by atoms with E-state index in [9.17, 15) is 0 Å². The van der Waals surface area contributed by atoms with Crippen molar-refractivity contribution in [2.24, 2.45) is 20.5 Å². The molecule has 7 rings (SSSR count). The van der Waals surface area contributed by atoms with Crippen LogP contribution in [0.2, 0.25) is 0 Å². The summed E-state index contributed by atoms with van der Waals surface area (Å²) in [5.41, 5.74) is 25.6. The van der Waals surface area contributed by atoms with Crippen LogP contribution in [-0.4, -0.2) is 0 Å². The van der Waals surface area contributed by atoms with Gasteiger partial charge in [-0.25, -0.2) is 0 Å². The predicted octanol–water partition coefficient (Wildman–Crippen LogP) is 12.6. The molecule has 0 radical (unpaired) electrons. The van der Waals surface area contributed by atoms with E-state index in [1.54, 1.807) is 0 Å². The smallest absolute Gasteiger partial charge is 0.0890 e. The molecule has 0 bridgehead atoms. The maximum Gasteiger partial charge on any atom is 0.0890 e. The van der Waals surface area contributed by atoms with Gasteiger partial charge in [-0.15, -0.1) is 0 Å². The molecule has 7 aromatic carbocycles. The quantitative estimate of drug-likeness (QED) is 0.109. The van der Waals surface area contributed by atoms with Gasteiger partial charge in [0.2, 0.25) is 0 Å². The van der Waals surface area contributed by atoms with E-state index in [1.165, 1.54) is 32.7 Å². The minimum absolute atomic E-state index is 0.764. The predicted molar refractivity (Wildman–Crippen MR) is 201 cm³/mol. The normalized spacial score (nSPS) is 11.8. The monoisotopic (exact) mass is 624 g/mol. The largest absolute Gasteiger partial charge is 0.399 e. The van der Waals surface area contributed by atoms with Gasteiger partial charge in [-0.05, 0) is 142 Å². The van der Waals surface area contributed by atoms with Crippen molar-refractivity contribution in [3.8, 4) is 22.3 Å². The Hall–Kier alpha value is -6.14. The molecule has 0 atom stereocenters. The molecule has 0 heterocycles. The second kappa shape index (κ2) is 12.6. The van der Waals surface area contributed by atoms with Crippen molar-refractivity contribution < 1.29 is 0 Å². The van der Waals surface area contributed by atoms with Gasteiger partial charge in [0.05, 0.1) is 22.7 Å². The van der Waals surface area contributed by atoms with Crippen molar-refractivity contribution in [2.75, 3.05) is 11.5 Å². The van der Waals surface area contributed by atoms with Crippen LogP contribution >= 0.6 is 0 Å². The third kappa shape index (κ3) is 5.58. The number of fused-ring (bicyclic) bond motifs is 2. The highest BCUT2D eigenvalue weighted by Crippen LogP contribution is 2.44. The highest BCUT2D eigenvalue weighted by atomic mass is 15.1. The zero-order valence-electron chi connectivity index (χ0n) is 27.5. The van der Waals surface area contributed by atoms with Gasteiger partial charge in [0, 0.05) is 11.4 Å². The third-order valence-electron chi connectivity index (χ3n) is 9.39. The summed E-state index contributed by atoms with van der Waals surface area (Å²) < 4.78 is 0. The van der Waals surface area contributed by atoms with E-state index >= 15 is 0 Å². The summed E-state index contributed by atoms with van der Waals surface area (Å²) in [7, 11) is 0. The minimum Gasteiger partial charge on any atom is -0.399 e.